The average Bonchev–Trinajstić information content (AvgIpc) is 2.69. The Morgan fingerprint density at radius 3 is 2.37 bits per heavy atom. The maximum Gasteiger partial charge on any atom is 0.255 e. The molecule has 0 aliphatic rings. The van der Waals surface area contributed by atoms with Crippen LogP contribution in [0.5, 0.6) is 0 Å². The minimum Gasteiger partial charge on any atom is -0.345 e. The van der Waals surface area contributed by atoms with E-state index in [-0.39, 0.29) is 11.9 Å². The minimum absolute atomic E-state index is 0.0261. The fraction of sp³-hybridized carbons (Fsp3) is 0.333. The van der Waals surface area contributed by atoms with Crippen molar-refractivity contribution in [3.8, 4) is 0 Å². The van der Waals surface area contributed by atoms with Crippen LogP contribution in [0.15, 0.2) is 24.3 Å². The van der Waals surface area contributed by atoms with Crippen LogP contribution < -0.4 is 5.32 Å². The lowest BCUT2D eigenvalue weighted by molar-refractivity contribution is 0.0938. The van der Waals surface area contributed by atoms with E-state index in [0.717, 1.165) is 17.0 Å². The lowest BCUT2D eigenvalue weighted by Crippen LogP contribution is -2.27. The molecule has 2 N–H and O–H groups in total. The van der Waals surface area contributed by atoms with E-state index in [1.807, 2.05) is 52.0 Å². The van der Waals surface area contributed by atoms with E-state index in [4.69, 9.17) is 0 Å². The molecule has 0 bridgehead atoms. The number of amides is 1. The Bertz CT molecular complexity index is 564. The van der Waals surface area contributed by atoms with Crippen LogP contribution in [0.4, 0.5) is 0 Å². The van der Waals surface area contributed by atoms with Gasteiger partial charge >= 0.3 is 0 Å². The van der Waals surface area contributed by atoms with E-state index in [0.29, 0.717) is 5.56 Å². The molecule has 0 fully saturated rings. The molecule has 0 aliphatic carbocycles. The van der Waals surface area contributed by atoms with Gasteiger partial charge in [-0.15, -0.1) is 0 Å². The van der Waals surface area contributed by atoms with E-state index < -0.39 is 0 Å². The number of aryl methyl sites for hydroxylation is 3. The third-order valence-electron chi connectivity index (χ3n) is 3.28. The zero-order valence-electron chi connectivity index (χ0n) is 11.7. The fourth-order valence-electron chi connectivity index (χ4n) is 2.09. The van der Waals surface area contributed by atoms with Gasteiger partial charge in [-0.05, 0) is 33.3 Å². The normalized spacial score (nSPS) is 12.2. The molecule has 2 rings (SSSR count). The number of H-pyrrole nitrogens is 1. The molecule has 4 heteroatoms. The van der Waals surface area contributed by atoms with Gasteiger partial charge in [0.15, 0.2) is 0 Å². The summed E-state index contributed by atoms with van der Waals surface area (Å²) in [5.41, 5.74) is 4.47. The highest BCUT2D eigenvalue weighted by Crippen LogP contribution is 2.15. The third kappa shape index (κ3) is 2.84. The van der Waals surface area contributed by atoms with Gasteiger partial charge in [0.1, 0.15) is 0 Å². The van der Waals surface area contributed by atoms with Gasteiger partial charge in [-0.1, -0.05) is 29.8 Å². The van der Waals surface area contributed by atoms with Crippen LogP contribution in [-0.2, 0) is 0 Å². The molecule has 4 nitrogen and oxygen atoms in total. The molecule has 1 amide bonds. The molecule has 0 saturated carbocycles. The molecule has 2 aromatic rings. The first kappa shape index (κ1) is 13.3. The second-order valence-corrected chi connectivity index (χ2v) is 4.91. The number of aromatic nitrogens is 2. The summed E-state index contributed by atoms with van der Waals surface area (Å²) in [5.74, 6) is -0.0863. The molecule has 1 unspecified atom stereocenters. The van der Waals surface area contributed by atoms with Crippen LogP contribution >= 0.6 is 0 Å². The van der Waals surface area contributed by atoms with Crippen molar-refractivity contribution < 1.29 is 4.79 Å². The van der Waals surface area contributed by atoms with Gasteiger partial charge in [0, 0.05) is 5.69 Å². The van der Waals surface area contributed by atoms with Gasteiger partial charge in [-0.3, -0.25) is 9.89 Å². The van der Waals surface area contributed by atoms with E-state index in [1.54, 1.807) is 0 Å². The lowest BCUT2D eigenvalue weighted by Gasteiger charge is -2.14. The highest BCUT2D eigenvalue weighted by Gasteiger charge is 2.17. The molecule has 0 spiro atoms. The molecule has 1 aromatic heterocycles. The third-order valence-corrected chi connectivity index (χ3v) is 3.28. The maximum atomic E-state index is 12.2. The van der Waals surface area contributed by atoms with Crippen molar-refractivity contribution >= 4 is 5.91 Å². The Labute approximate surface area is 113 Å². The van der Waals surface area contributed by atoms with Crippen LogP contribution in [0.3, 0.4) is 0 Å². The fourth-order valence-corrected chi connectivity index (χ4v) is 2.09. The summed E-state index contributed by atoms with van der Waals surface area (Å²) in [6, 6.07) is 8.14. The number of aromatic amines is 1. The number of benzene rings is 1. The topological polar surface area (TPSA) is 57.8 Å². The van der Waals surface area contributed by atoms with Crippen molar-refractivity contribution in [3.05, 3.63) is 52.3 Å². The summed E-state index contributed by atoms with van der Waals surface area (Å²) in [4.78, 5) is 12.2. The first-order chi connectivity index (χ1) is 8.99. The molecule has 1 atom stereocenters. The van der Waals surface area contributed by atoms with Crippen molar-refractivity contribution in [3.63, 3.8) is 0 Å². The van der Waals surface area contributed by atoms with Crippen molar-refractivity contribution in [2.45, 2.75) is 33.7 Å². The number of rotatable bonds is 3. The summed E-state index contributed by atoms with van der Waals surface area (Å²) in [6.45, 7) is 7.71. The molecule has 1 aromatic carbocycles. The van der Waals surface area contributed by atoms with Crippen LogP contribution in [0.1, 0.15) is 45.8 Å². The zero-order chi connectivity index (χ0) is 14.0. The SMILES string of the molecule is Cc1ccc(C(C)NC(=O)c2c(C)n[nH]c2C)cc1. The number of carbonyl (C=O) groups excluding carboxylic acids is 1. The highest BCUT2D eigenvalue weighted by molar-refractivity contribution is 5.96. The smallest absolute Gasteiger partial charge is 0.255 e. The summed E-state index contributed by atoms with van der Waals surface area (Å²) in [5, 5.41) is 9.87. The second kappa shape index (κ2) is 5.26. The van der Waals surface area contributed by atoms with Crippen LogP contribution in [0, 0.1) is 20.8 Å². The standard InChI is InChI=1S/C15H19N3O/c1-9-5-7-13(8-6-9)10(2)16-15(19)14-11(3)17-18-12(14)4/h5-8,10H,1-4H3,(H,16,19)(H,17,18). The van der Waals surface area contributed by atoms with Gasteiger partial charge in [-0.25, -0.2) is 0 Å². The summed E-state index contributed by atoms with van der Waals surface area (Å²) in [7, 11) is 0. The average molecular weight is 257 g/mol. The first-order valence-electron chi connectivity index (χ1n) is 6.38. The van der Waals surface area contributed by atoms with E-state index in [1.165, 1.54) is 5.56 Å². The molecule has 19 heavy (non-hydrogen) atoms. The Kier molecular flexibility index (Phi) is 3.69. The number of hydrogen-bond donors (Lipinski definition) is 2. The quantitative estimate of drug-likeness (QED) is 0.888. The molecule has 0 saturated heterocycles. The van der Waals surface area contributed by atoms with Crippen LogP contribution in [0.25, 0.3) is 0 Å². The number of nitrogens with zero attached hydrogens (tertiary/aromatic N) is 1. The van der Waals surface area contributed by atoms with E-state index in [9.17, 15) is 4.79 Å². The second-order valence-electron chi connectivity index (χ2n) is 4.91. The van der Waals surface area contributed by atoms with E-state index in [2.05, 4.69) is 15.5 Å². The number of carbonyl (C=O) groups is 1. The Balaban J connectivity index is 2.13. The predicted molar refractivity (Wildman–Crippen MR) is 75.1 cm³/mol. The molecular weight excluding hydrogens is 238 g/mol. The van der Waals surface area contributed by atoms with Crippen LogP contribution in [0.2, 0.25) is 0 Å². The minimum atomic E-state index is -0.0863. The largest absolute Gasteiger partial charge is 0.345 e. The monoisotopic (exact) mass is 257 g/mol. The van der Waals surface area contributed by atoms with Gasteiger partial charge in [0.25, 0.3) is 5.91 Å². The molecule has 100 valence electrons. The predicted octanol–water partition coefficient (Wildman–Crippen LogP) is 2.83. The molecular formula is C15H19N3O. The summed E-state index contributed by atoms with van der Waals surface area (Å²) < 4.78 is 0. The maximum absolute atomic E-state index is 12.2. The lowest BCUT2D eigenvalue weighted by atomic mass is 10.1. The summed E-state index contributed by atoms with van der Waals surface area (Å²) >= 11 is 0. The van der Waals surface area contributed by atoms with Crippen molar-refractivity contribution in [1.29, 1.82) is 0 Å². The van der Waals surface area contributed by atoms with Gasteiger partial charge < -0.3 is 5.32 Å². The molecule has 0 aliphatic heterocycles. The Hall–Kier alpha value is -2.10. The zero-order valence-corrected chi connectivity index (χ0v) is 11.7. The summed E-state index contributed by atoms with van der Waals surface area (Å²) in [6.07, 6.45) is 0. The number of hydrogen-bond acceptors (Lipinski definition) is 2. The van der Waals surface area contributed by atoms with Crippen LogP contribution in [-0.4, -0.2) is 16.1 Å². The van der Waals surface area contributed by atoms with Crippen molar-refractivity contribution in [2.75, 3.05) is 0 Å². The van der Waals surface area contributed by atoms with Crippen molar-refractivity contribution in [1.82, 2.24) is 15.5 Å². The van der Waals surface area contributed by atoms with E-state index >= 15 is 0 Å². The van der Waals surface area contributed by atoms with Gasteiger partial charge in [0.2, 0.25) is 0 Å². The Morgan fingerprint density at radius 2 is 1.84 bits per heavy atom. The highest BCUT2D eigenvalue weighted by atomic mass is 16.1. The first-order valence-corrected chi connectivity index (χ1v) is 6.38. The molecule has 1 heterocycles. The molecule has 0 radical (unpaired) electrons. The Morgan fingerprint density at radius 1 is 1.21 bits per heavy atom. The van der Waals surface area contributed by atoms with Gasteiger partial charge in [0.05, 0.1) is 17.3 Å². The van der Waals surface area contributed by atoms with Crippen molar-refractivity contribution in [2.24, 2.45) is 0 Å². The number of nitrogens with one attached hydrogen (secondary N) is 2. The van der Waals surface area contributed by atoms with Gasteiger partial charge in [-0.2, -0.15) is 5.10 Å².